The number of benzene rings is 1. The van der Waals surface area contributed by atoms with Gasteiger partial charge in [-0.3, -0.25) is 4.79 Å². The number of anilines is 1. The molecule has 3 nitrogen and oxygen atoms in total. The smallest absolute Gasteiger partial charge is 0.234 e. The van der Waals surface area contributed by atoms with E-state index in [9.17, 15) is 4.79 Å². The fourth-order valence-electron chi connectivity index (χ4n) is 3.23. The fourth-order valence-corrected chi connectivity index (χ4v) is 3.23. The molecular weight excluding hydrogens is 236 g/mol. The van der Waals surface area contributed by atoms with Crippen LogP contribution in [0.1, 0.15) is 50.3 Å². The SMILES string of the molecule is CNC(c1ccc2c(c1)C(C)(C)C(=O)N2)C1CCC1. The van der Waals surface area contributed by atoms with E-state index in [1.54, 1.807) is 0 Å². The quantitative estimate of drug-likeness (QED) is 0.875. The van der Waals surface area contributed by atoms with Crippen LogP contribution in [0.3, 0.4) is 0 Å². The Kier molecular flexibility index (Phi) is 2.90. The van der Waals surface area contributed by atoms with Gasteiger partial charge in [0, 0.05) is 11.7 Å². The summed E-state index contributed by atoms with van der Waals surface area (Å²) >= 11 is 0. The second kappa shape index (κ2) is 4.34. The van der Waals surface area contributed by atoms with Crippen LogP contribution in [0.25, 0.3) is 0 Å². The summed E-state index contributed by atoms with van der Waals surface area (Å²) in [5.74, 6) is 0.848. The highest BCUT2D eigenvalue weighted by molar-refractivity contribution is 6.05. The van der Waals surface area contributed by atoms with E-state index in [-0.39, 0.29) is 5.91 Å². The summed E-state index contributed by atoms with van der Waals surface area (Å²) in [6.45, 7) is 3.99. The molecule has 0 radical (unpaired) electrons. The third kappa shape index (κ3) is 1.88. The first-order valence-corrected chi connectivity index (χ1v) is 7.17. The molecule has 3 heteroatoms. The van der Waals surface area contributed by atoms with E-state index in [0.717, 1.165) is 17.2 Å². The summed E-state index contributed by atoms with van der Waals surface area (Å²) in [5, 5.41) is 6.41. The normalized spacial score (nSPS) is 22.6. The third-order valence-corrected chi connectivity index (χ3v) is 4.82. The fraction of sp³-hybridized carbons (Fsp3) is 0.562. The van der Waals surface area contributed by atoms with Crippen molar-refractivity contribution < 1.29 is 4.79 Å². The number of hydrogen-bond acceptors (Lipinski definition) is 2. The Morgan fingerprint density at radius 1 is 1.37 bits per heavy atom. The van der Waals surface area contributed by atoms with Crippen molar-refractivity contribution in [3.63, 3.8) is 0 Å². The maximum atomic E-state index is 12.0. The number of rotatable bonds is 3. The molecule has 1 unspecified atom stereocenters. The van der Waals surface area contributed by atoms with Crippen LogP contribution in [0.15, 0.2) is 18.2 Å². The van der Waals surface area contributed by atoms with Gasteiger partial charge in [0.25, 0.3) is 0 Å². The van der Waals surface area contributed by atoms with Crippen LogP contribution in [0, 0.1) is 5.92 Å². The number of carbonyl (C=O) groups is 1. The van der Waals surface area contributed by atoms with Gasteiger partial charge in [-0.2, -0.15) is 0 Å². The van der Waals surface area contributed by atoms with Gasteiger partial charge in [-0.15, -0.1) is 0 Å². The maximum absolute atomic E-state index is 12.0. The average Bonchev–Trinajstić information content (AvgIpc) is 2.55. The summed E-state index contributed by atoms with van der Waals surface area (Å²) in [4.78, 5) is 12.0. The van der Waals surface area contributed by atoms with Crippen LogP contribution < -0.4 is 10.6 Å². The summed E-state index contributed by atoms with van der Waals surface area (Å²) in [6, 6.07) is 6.85. The first-order valence-electron chi connectivity index (χ1n) is 7.17. The molecular formula is C16H22N2O. The van der Waals surface area contributed by atoms with Gasteiger partial charge in [-0.05, 0) is 56.8 Å². The highest BCUT2D eigenvalue weighted by atomic mass is 16.2. The Balaban J connectivity index is 1.97. The maximum Gasteiger partial charge on any atom is 0.234 e. The summed E-state index contributed by atoms with van der Waals surface area (Å²) in [7, 11) is 2.03. The van der Waals surface area contributed by atoms with Crippen molar-refractivity contribution in [2.45, 2.75) is 44.6 Å². The van der Waals surface area contributed by atoms with Crippen molar-refractivity contribution in [1.82, 2.24) is 5.32 Å². The molecule has 1 aromatic carbocycles. The number of fused-ring (bicyclic) bond motifs is 1. The largest absolute Gasteiger partial charge is 0.325 e. The Morgan fingerprint density at radius 3 is 2.68 bits per heavy atom. The second-order valence-corrected chi connectivity index (χ2v) is 6.34. The van der Waals surface area contributed by atoms with Gasteiger partial charge in [0.2, 0.25) is 5.91 Å². The second-order valence-electron chi connectivity index (χ2n) is 6.34. The predicted molar refractivity (Wildman–Crippen MR) is 77.2 cm³/mol. The topological polar surface area (TPSA) is 41.1 Å². The molecule has 1 aromatic rings. The van der Waals surface area contributed by atoms with Gasteiger partial charge < -0.3 is 10.6 Å². The first-order chi connectivity index (χ1) is 9.04. The lowest BCUT2D eigenvalue weighted by Crippen LogP contribution is -2.30. The molecule has 102 valence electrons. The van der Waals surface area contributed by atoms with E-state index in [4.69, 9.17) is 0 Å². The van der Waals surface area contributed by atoms with E-state index in [2.05, 4.69) is 28.8 Å². The first kappa shape index (κ1) is 12.7. The van der Waals surface area contributed by atoms with Crippen molar-refractivity contribution in [3.05, 3.63) is 29.3 Å². The van der Waals surface area contributed by atoms with E-state index in [1.807, 2.05) is 20.9 Å². The summed E-state index contributed by atoms with van der Waals surface area (Å²) in [6.07, 6.45) is 3.96. The van der Waals surface area contributed by atoms with E-state index in [0.29, 0.717) is 6.04 Å². The van der Waals surface area contributed by atoms with Gasteiger partial charge in [-0.1, -0.05) is 18.6 Å². The molecule has 1 amide bonds. The molecule has 2 aliphatic rings. The van der Waals surface area contributed by atoms with E-state index in [1.165, 1.54) is 24.8 Å². The number of hydrogen-bond donors (Lipinski definition) is 2. The van der Waals surface area contributed by atoms with Gasteiger partial charge in [0.05, 0.1) is 5.41 Å². The van der Waals surface area contributed by atoms with Crippen molar-refractivity contribution in [2.24, 2.45) is 5.92 Å². The summed E-state index contributed by atoms with van der Waals surface area (Å²) < 4.78 is 0. The Morgan fingerprint density at radius 2 is 2.11 bits per heavy atom. The summed E-state index contributed by atoms with van der Waals surface area (Å²) in [5.41, 5.74) is 3.01. The number of nitrogens with one attached hydrogen (secondary N) is 2. The van der Waals surface area contributed by atoms with Crippen molar-refractivity contribution in [2.75, 3.05) is 12.4 Å². The molecule has 0 bridgehead atoms. The third-order valence-electron chi connectivity index (χ3n) is 4.82. The lowest BCUT2D eigenvalue weighted by atomic mass is 9.76. The van der Waals surface area contributed by atoms with Crippen molar-refractivity contribution in [1.29, 1.82) is 0 Å². The van der Waals surface area contributed by atoms with Gasteiger partial charge in [0.15, 0.2) is 0 Å². The molecule has 0 aromatic heterocycles. The molecule has 1 atom stereocenters. The molecule has 1 saturated carbocycles. The van der Waals surface area contributed by atoms with Crippen LogP contribution in [0.5, 0.6) is 0 Å². The lowest BCUT2D eigenvalue weighted by molar-refractivity contribution is -0.119. The molecule has 0 saturated heterocycles. The Hall–Kier alpha value is -1.35. The van der Waals surface area contributed by atoms with E-state index >= 15 is 0 Å². The molecule has 1 aliphatic heterocycles. The monoisotopic (exact) mass is 258 g/mol. The Bertz CT molecular complexity index is 517. The van der Waals surface area contributed by atoms with Crippen LogP contribution in [0.4, 0.5) is 5.69 Å². The van der Waals surface area contributed by atoms with Gasteiger partial charge in [0.1, 0.15) is 0 Å². The van der Waals surface area contributed by atoms with Crippen LogP contribution in [-0.2, 0) is 10.2 Å². The minimum Gasteiger partial charge on any atom is -0.325 e. The number of carbonyl (C=O) groups excluding carboxylic acids is 1. The molecule has 19 heavy (non-hydrogen) atoms. The number of amides is 1. The van der Waals surface area contributed by atoms with E-state index < -0.39 is 5.41 Å². The van der Waals surface area contributed by atoms with Crippen molar-refractivity contribution >= 4 is 11.6 Å². The molecule has 1 heterocycles. The molecule has 2 N–H and O–H groups in total. The Labute approximate surface area is 114 Å². The van der Waals surface area contributed by atoms with Crippen LogP contribution in [-0.4, -0.2) is 13.0 Å². The average molecular weight is 258 g/mol. The predicted octanol–water partition coefficient (Wildman–Crippen LogP) is 2.98. The van der Waals surface area contributed by atoms with Gasteiger partial charge in [-0.25, -0.2) is 0 Å². The van der Waals surface area contributed by atoms with Crippen molar-refractivity contribution in [3.8, 4) is 0 Å². The molecule has 1 fully saturated rings. The standard InChI is InChI=1S/C16H22N2O/c1-16(2)12-9-11(7-8-13(12)18-15(16)19)14(17-3)10-5-4-6-10/h7-10,14,17H,4-6H2,1-3H3,(H,18,19). The lowest BCUT2D eigenvalue weighted by Gasteiger charge is -2.34. The minimum atomic E-state index is -0.413. The molecule has 0 spiro atoms. The van der Waals surface area contributed by atoms with Crippen LogP contribution in [0.2, 0.25) is 0 Å². The molecule has 3 rings (SSSR count). The van der Waals surface area contributed by atoms with Gasteiger partial charge >= 0.3 is 0 Å². The zero-order valence-corrected chi connectivity index (χ0v) is 11.9. The molecule has 1 aliphatic carbocycles. The highest BCUT2D eigenvalue weighted by Gasteiger charge is 2.39. The highest BCUT2D eigenvalue weighted by Crippen LogP contribution is 2.42. The zero-order valence-electron chi connectivity index (χ0n) is 11.9. The zero-order chi connectivity index (χ0) is 13.6. The minimum absolute atomic E-state index is 0.101. The van der Waals surface area contributed by atoms with Crippen LogP contribution >= 0.6 is 0 Å².